The average Bonchev–Trinajstić information content (AvgIpc) is 2.54. The van der Waals surface area contributed by atoms with Crippen LogP contribution in [0.5, 0.6) is 0 Å². The number of benzene rings is 1. The fourth-order valence-electron chi connectivity index (χ4n) is 2.27. The van der Waals surface area contributed by atoms with Crippen LogP contribution in [0.25, 0.3) is 0 Å². The Kier molecular flexibility index (Phi) is 12.9. The zero-order valence-electron chi connectivity index (χ0n) is 16.2. The molecule has 0 saturated heterocycles. The number of guanidine groups is 1. The number of aryl methyl sites for hydroxylation is 1. The molecule has 144 valence electrons. The molecule has 0 heterocycles. The van der Waals surface area contributed by atoms with Crippen LogP contribution in [0.3, 0.4) is 0 Å². The monoisotopic (exact) mass is 464 g/mol. The molecule has 0 amide bonds. The van der Waals surface area contributed by atoms with Crippen molar-refractivity contribution in [3.05, 3.63) is 35.1 Å². The summed E-state index contributed by atoms with van der Waals surface area (Å²) < 4.78 is 13.3. The third-order valence-electron chi connectivity index (χ3n) is 4.10. The predicted octanol–water partition coefficient (Wildman–Crippen LogP) is 3.93. The first-order chi connectivity index (χ1) is 11.4. The van der Waals surface area contributed by atoms with Crippen molar-refractivity contribution in [2.24, 2.45) is 4.99 Å². The molecule has 2 N–H and O–H groups in total. The molecule has 0 aromatic heterocycles. The van der Waals surface area contributed by atoms with E-state index < -0.39 is 0 Å². The highest BCUT2D eigenvalue weighted by molar-refractivity contribution is 14.0. The number of hydrogen-bond donors (Lipinski definition) is 2. The molecule has 0 bridgehead atoms. The zero-order valence-corrected chi connectivity index (χ0v) is 18.6. The maximum absolute atomic E-state index is 13.3. The minimum Gasteiger partial charge on any atom is -0.357 e. The molecule has 0 aliphatic rings. The van der Waals surface area contributed by atoms with Gasteiger partial charge in [0.2, 0.25) is 0 Å². The Morgan fingerprint density at radius 1 is 1.24 bits per heavy atom. The third-order valence-corrected chi connectivity index (χ3v) is 4.10. The second-order valence-electron chi connectivity index (χ2n) is 6.49. The quantitative estimate of drug-likeness (QED) is 0.252. The van der Waals surface area contributed by atoms with Gasteiger partial charge < -0.3 is 15.5 Å². The predicted molar refractivity (Wildman–Crippen MR) is 116 cm³/mol. The SMILES string of the molecule is CCNC(=NCc1ccc(F)c(C)c1)NCCCCN(C)C(C)C.I. The van der Waals surface area contributed by atoms with Crippen molar-refractivity contribution in [3.63, 3.8) is 0 Å². The van der Waals surface area contributed by atoms with E-state index in [0.717, 1.165) is 44.0 Å². The molecule has 4 nitrogen and oxygen atoms in total. The van der Waals surface area contributed by atoms with E-state index in [1.54, 1.807) is 13.0 Å². The van der Waals surface area contributed by atoms with Gasteiger partial charge in [0, 0.05) is 19.1 Å². The lowest BCUT2D eigenvalue weighted by atomic mass is 10.1. The second-order valence-corrected chi connectivity index (χ2v) is 6.49. The van der Waals surface area contributed by atoms with Crippen LogP contribution < -0.4 is 10.6 Å². The lowest BCUT2D eigenvalue weighted by Crippen LogP contribution is -2.38. The van der Waals surface area contributed by atoms with Crippen LogP contribution in [0, 0.1) is 12.7 Å². The van der Waals surface area contributed by atoms with Crippen molar-refractivity contribution in [3.8, 4) is 0 Å². The molecule has 25 heavy (non-hydrogen) atoms. The molecular weight excluding hydrogens is 430 g/mol. The molecule has 0 aliphatic carbocycles. The molecule has 6 heteroatoms. The second kappa shape index (κ2) is 13.3. The van der Waals surface area contributed by atoms with Crippen LogP contribution in [-0.4, -0.2) is 43.6 Å². The minimum atomic E-state index is -0.167. The van der Waals surface area contributed by atoms with Gasteiger partial charge in [-0.2, -0.15) is 0 Å². The molecule has 1 aromatic rings. The molecular formula is C19H34FIN4. The van der Waals surface area contributed by atoms with Crippen LogP contribution >= 0.6 is 24.0 Å². The van der Waals surface area contributed by atoms with Crippen LogP contribution in [0.2, 0.25) is 0 Å². The van der Waals surface area contributed by atoms with E-state index in [0.29, 0.717) is 18.2 Å². The van der Waals surface area contributed by atoms with E-state index in [1.807, 2.05) is 6.07 Å². The Labute approximate surface area is 169 Å². The van der Waals surface area contributed by atoms with Gasteiger partial charge >= 0.3 is 0 Å². The number of rotatable bonds is 9. The van der Waals surface area contributed by atoms with E-state index in [4.69, 9.17) is 0 Å². The number of halogens is 2. The van der Waals surface area contributed by atoms with Crippen molar-refractivity contribution in [2.45, 2.75) is 53.1 Å². The number of nitrogens with zero attached hydrogens (tertiary/aromatic N) is 2. The van der Waals surface area contributed by atoms with Crippen molar-refractivity contribution >= 4 is 29.9 Å². The van der Waals surface area contributed by atoms with Gasteiger partial charge in [-0.3, -0.25) is 0 Å². The summed E-state index contributed by atoms with van der Waals surface area (Å²) in [6, 6.07) is 5.74. The topological polar surface area (TPSA) is 39.7 Å². The zero-order chi connectivity index (χ0) is 17.9. The van der Waals surface area contributed by atoms with E-state index >= 15 is 0 Å². The molecule has 0 saturated carbocycles. The molecule has 0 atom stereocenters. The summed E-state index contributed by atoms with van der Waals surface area (Å²) in [5, 5.41) is 6.62. The standard InChI is InChI=1S/C19H33FN4.HI/c1-6-21-19(22-11-7-8-12-24(5)15(2)3)23-14-17-9-10-18(20)16(4)13-17;/h9-10,13,15H,6-8,11-12,14H2,1-5H3,(H2,21,22,23);1H. The summed E-state index contributed by atoms with van der Waals surface area (Å²) in [6.45, 7) is 11.6. The van der Waals surface area contributed by atoms with Crippen LogP contribution in [0.4, 0.5) is 4.39 Å². The first-order valence-electron chi connectivity index (χ1n) is 8.91. The maximum Gasteiger partial charge on any atom is 0.191 e. The normalized spacial score (nSPS) is 11.6. The fourth-order valence-corrected chi connectivity index (χ4v) is 2.27. The Bertz CT molecular complexity index is 520. The smallest absolute Gasteiger partial charge is 0.191 e. The van der Waals surface area contributed by atoms with E-state index in [9.17, 15) is 4.39 Å². The van der Waals surface area contributed by atoms with Crippen molar-refractivity contribution in [2.75, 3.05) is 26.7 Å². The number of aliphatic imine (C=N–C) groups is 1. The number of nitrogens with one attached hydrogen (secondary N) is 2. The summed E-state index contributed by atoms with van der Waals surface area (Å²) in [7, 11) is 2.16. The van der Waals surface area contributed by atoms with Gasteiger partial charge in [-0.05, 0) is 71.3 Å². The van der Waals surface area contributed by atoms with Crippen LogP contribution in [0.15, 0.2) is 23.2 Å². The summed E-state index contributed by atoms with van der Waals surface area (Å²) in [5.41, 5.74) is 1.68. The highest BCUT2D eigenvalue weighted by Crippen LogP contribution is 2.10. The first-order valence-corrected chi connectivity index (χ1v) is 8.91. The van der Waals surface area contributed by atoms with Crippen LogP contribution in [0.1, 0.15) is 44.7 Å². The Hall–Kier alpha value is -0.890. The van der Waals surface area contributed by atoms with Gasteiger partial charge in [0.05, 0.1) is 6.54 Å². The summed E-state index contributed by atoms with van der Waals surface area (Å²) in [6.07, 6.45) is 2.27. The number of unbranched alkanes of at least 4 members (excludes halogenated alkanes) is 1. The van der Waals surface area contributed by atoms with E-state index in [1.165, 1.54) is 6.07 Å². The first kappa shape index (κ1) is 24.1. The number of hydrogen-bond acceptors (Lipinski definition) is 2. The molecule has 0 fully saturated rings. The lowest BCUT2D eigenvalue weighted by Gasteiger charge is -2.20. The van der Waals surface area contributed by atoms with Crippen molar-refractivity contribution < 1.29 is 4.39 Å². The molecule has 0 unspecified atom stereocenters. The summed E-state index contributed by atoms with van der Waals surface area (Å²) >= 11 is 0. The molecule has 1 rings (SSSR count). The highest BCUT2D eigenvalue weighted by Gasteiger charge is 2.03. The van der Waals surface area contributed by atoms with Gasteiger partial charge in [-0.25, -0.2) is 9.38 Å². The van der Waals surface area contributed by atoms with Gasteiger partial charge in [-0.1, -0.05) is 12.1 Å². The average molecular weight is 464 g/mol. The molecule has 1 aromatic carbocycles. The van der Waals surface area contributed by atoms with Gasteiger partial charge in [-0.15, -0.1) is 24.0 Å². The van der Waals surface area contributed by atoms with Crippen molar-refractivity contribution in [1.82, 2.24) is 15.5 Å². The van der Waals surface area contributed by atoms with Crippen molar-refractivity contribution in [1.29, 1.82) is 0 Å². The summed E-state index contributed by atoms with van der Waals surface area (Å²) in [4.78, 5) is 6.93. The summed E-state index contributed by atoms with van der Waals surface area (Å²) in [5.74, 6) is 0.649. The van der Waals surface area contributed by atoms with E-state index in [2.05, 4.69) is 48.3 Å². The van der Waals surface area contributed by atoms with E-state index in [-0.39, 0.29) is 29.8 Å². The Morgan fingerprint density at radius 3 is 2.56 bits per heavy atom. The van der Waals surface area contributed by atoms with Gasteiger partial charge in [0.25, 0.3) is 0 Å². The Balaban J connectivity index is 0.00000576. The molecule has 0 spiro atoms. The minimum absolute atomic E-state index is 0. The Morgan fingerprint density at radius 2 is 1.96 bits per heavy atom. The highest BCUT2D eigenvalue weighted by atomic mass is 127. The molecule has 0 radical (unpaired) electrons. The lowest BCUT2D eigenvalue weighted by molar-refractivity contribution is 0.268. The molecule has 0 aliphatic heterocycles. The third kappa shape index (κ3) is 9.99. The van der Waals surface area contributed by atoms with Crippen LogP contribution in [-0.2, 0) is 6.54 Å². The van der Waals surface area contributed by atoms with Gasteiger partial charge in [0.15, 0.2) is 5.96 Å². The largest absolute Gasteiger partial charge is 0.357 e. The van der Waals surface area contributed by atoms with Gasteiger partial charge in [0.1, 0.15) is 5.82 Å². The fraction of sp³-hybridized carbons (Fsp3) is 0.632. The maximum atomic E-state index is 13.3.